The van der Waals surface area contributed by atoms with Crippen LogP contribution in [0.5, 0.6) is 0 Å². The first-order chi connectivity index (χ1) is 9.33. The first kappa shape index (κ1) is 12.8. The Morgan fingerprint density at radius 2 is 2.11 bits per heavy atom. The van der Waals surface area contributed by atoms with Crippen LogP contribution in [0.15, 0.2) is 26.4 Å². The van der Waals surface area contributed by atoms with Crippen LogP contribution in [0.4, 0.5) is 0 Å². The molecule has 102 valence electrons. The molecule has 0 spiro atoms. The summed E-state index contributed by atoms with van der Waals surface area (Å²) < 4.78 is 10.9. The zero-order valence-corrected chi connectivity index (χ0v) is 11.9. The molecule has 1 aliphatic carbocycles. The number of hydrogen-bond donors (Lipinski definition) is 0. The van der Waals surface area contributed by atoms with Crippen molar-refractivity contribution in [1.29, 1.82) is 0 Å². The standard InChI is InChI=1S/C14H18N2O2S/c1-10-12(7-8-17-10)13-15-16-14(18-13)19-9-11-5-3-2-4-6-11/h7-8,11H,2-6,9H2,1H3. The maximum atomic E-state index is 5.68. The van der Waals surface area contributed by atoms with Crippen LogP contribution in [0, 0.1) is 12.8 Å². The minimum Gasteiger partial charge on any atom is -0.469 e. The van der Waals surface area contributed by atoms with E-state index in [0.29, 0.717) is 11.1 Å². The quantitative estimate of drug-likeness (QED) is 0.780. The van der Waals surface area contributed by atoms with Gasteiger partial charge in [0.1, 0.15) is 5.76 Å². The first-order valence-corrected chi connectivity index (χ1v) is 7.82. The van der Waals surface area contributed by atoms with Gasteiger partial charge in [0.05, 0.1) is 11.8 Å². The summed E-state index contributed by atoms with van der Waals surface area (Å²) in [5.41, 5.74) is 0.886. The fraction of sp³-hybridized carbons (Fsp3) is 0.571. The molecule has 0 aromatic carbocycles. The Bertz CT molecular complexity index is 529. The van der Waals surface area contributed by atoms with Crippen molar-refractivity contribution in [3.05, 3.63) is 18.1 Å². The van der Waals surface area contributed by atoms with Crippen molar-refractivity contribution in [3.63, 3.8) is 0 Å². The molecule has 1 fully saturated rings. The van der Waals surface area contributed by atoms with Crippen LogP contribution >= 0.6 is 11.8 Å². The van der Waals surface area contributed by atoms with Gasteiger partial charge in [-0.3, -0.25) is 0 Å². The number of hydrogen-bond acceptors (Lipinski definition) is 5. The molecule has 0 saturated heterocycles. The SMILES string of the molecule is Cc1occc1-c1nnc(SCC2CCCCC2)o1. The van der Waals surface area contributed by atoms with Gasteiger partial charge in [-0.15, -0.1) is 10.2 Å². The van der Waals surface area contributed by atoms with Crippen molar-refractivity contribution in [3.8, 4) is 11.5 Å². The van der Waals surface area contributed by atoms with E-state index < -0.39 is 0 Å². The lowest BCUT2D eigenvalue weighted by Gasteiger charge is -2.19. The van der Waals surface area contributed by atoms with Crippen molar-refractivity contribution < 1.29 is 8.83 Å². The highest BCUT2D eigenvalue weighted by Crippen LogP contribution is 2.31. The highest BCUT2D eigenvalue weighted by Gasteiger charge is 2.17. The van der Waals surface area contributed by atoms with Gasteiger partial charge < -0.3 is 8.83 Å². The van der Waals surface area contributed by atoms with Crippen molar-refractivity contribution in [2.75, 3.05) is 5.75 Å². The fourth-order valence-electron chi connectivity index (χ4n) is 2.53. The molecule has 0 unspecified atom stereocenters. The number of thioether (sulfide) groups is 1. The summed E-state index contributed by atoms with van der Waals surface area (Å²) in [6.07, 6.45) is 8.46. The molecular weight excluding hydrogens is 260 g/mol. The lowest BCUT2D eigenvalue weighted by molar-refractivity contribution is 0.389. The Balaban J connectivity index is 1.60. The second-order valence-corrected chi connectivity index (χ2v) is 6.05. The largest absolute Gasteiger partial charge is 0.469 e. The zero-order chi connectivity index (χ0) is 13.1. The van der Waals surface area contributed by atoms with Gasteiger partial charge in [-0.1, -0.05) is 31.0 Å². The van der Waals surface area contributed by atoms with Crippen LogP contribution in [0.3, 0.4) is 0 Å². The minimum absolute atomic E-state index is 0.553. The molecule has 4 nitrogen and oxygen atoms in total. The Hall–Kier alpha value is -1.23. The predicted molar refractivity (Wildman–Crippen MR) is 74.0 cm³/mol. The molecule has 0 radical (unpaired) electrons. The highest BCUT2D eigenvalue weighted by molar-refractivity contribution is 7.99. The molecule has 0 aliphatic heterocycles. The molecule has 0 bridgehead atoms. The van der Waals surface area contributed by atoms with E-state index in [1.807, 2.05) is 13.0 Å². The van der Waals surface area contributed by atoms with Crippen LogP contribution in [0.25, 0.3) is 11.5 Å². The molecule has 2 aromatic rings. The van der Waals surface area contributed by atoms with E-state index in [4.69, 9.17) is 8.83 Å². The van der Waals surface area contributed by atoms with Crippen LogP contribution < -0.4 is 0 Å². The molecule has 0 N–H and O–H groups in total. The third kappa shape index (κ3) is 3.03. The van der Waals surface area contributed by atoms with Crippen LogP contribution in [0.1, 0.15) is 37.9 Å². The summed E-state index contributed by atoms with van der Waals surface area (Å²) in [6.45, 7) is 1.90. The monoisotopic (exact) mass is 278 g/mol. The van der Waals surface area contributed by atoms with Crippen molar-refractivity contribution in [1.82, 2.24) is 10.2 Å². The van der Waals surface area contributed by atoms with Crippen molar-refractivity contribution >= 4 is 11.8 Å². The minimum atomic E-state index is 0.553. The van der Waals surface area contributed by atoms with Crippen LogP contribution in [-0.4, -0.2) is 16.0 Å². The lowest BCUT2D eigenvalue weighted by Crippen LogP contribution is -2.08. The Morgan fingerprint density at radius 1 is 1.26 bits per heavy atom. The molecule has 1 saturated carbocycles. The third-order valence-corrected chi connectivity index (χ3v) is 4.71. The Labute approximate surface area is 117 Å². The van der Waals surface area contributed by atoms with Gasteiger partial charge >= 0.3 is 0 Å². The van der Waals surface area contributed by atoms with E-state index in [-0.39, 0.29) is 0 Å². The van der Waals surface area contributed by atoms with E-state index in [1.165, 1.54) is 32.1 Å². The smallest absolute Gasteiger partial charge is 0.276 e. The van der Waals surface area contributed by atoms with Crippen LogP contribution in [-0.2, 0) is 0 Å². The van der Waals surface area contributed by atoms with Gasteiger partial charge in [0, 0.05) is 5.75 Å². The normalized spacial score (nSPS) is 16.9. The van der Waals surface area contributed by atoms with Gasteiger partial charge in [-0.2, -0.15) is 0 Å². The molecule has 2 heterocycles. The maximum Gasteiger partial charge on any atom is 0.276 e. The molecule has 5 heteroatoms. The zero-order valence-electron chi connectivity index (χ0n) is 11.1. The molecule has 1 aliphatic rings. The predicted octanol–water partition coefficient (Wildman–Crippen LogP) is 4.31. The Morgan fingerprint density at radius 3 is 2.84 bits per heavy atom. The topological polar surface area (TPSA) is 52.1 Å². The van der Waals surface area contributed by atoms with Gasteiger partial charge in [-0.25, -0.2) is 0 Å². The first-order valence-electron chi connectivity index (χ1n) is 6.83. The van der Waals surface area contributed by atoms with Gasteiger partial charge in [0.15, 0.2) is 0 Å². The summed E-state index contributed by atoms with van der Waals surface area (Å²) in [5, 5.41) is 8.86. The van der Waals surface area contributed by atoms with Crippen molar-refractivity contribution in [2.45, 2.75) is 44.3 Å². The van der Waals surface area contributed by atoms with E-state index in [0.717, 1.165) is 23.0 Å². The van der Waals surface area contributed by atoms with E-state index in [1.54, 1.807) is 18.0 Å². The second-order valence-electron chi connectivity index (χ2n) is 5.08. The number of furan rings is 1. The van der Waals surface area contributed by atoms with E-state index in [9.17, 15) is 0 Å². The highest BCUT2D eigenvalue weighted by atomic mass is 32.2. The molecule has 19 heavy (non-hydrogen) atoms. The lowest BCUT2D eigenvalue weighted by atomic mass is 9.91. The van der Waals surface area contributed by atoms with Gasteiger partial charge in [-0.05, 0) is 31.7 Å². The summed E-state index contributed by atoms with van der Waals surface area (Å²) in [6, 6.07) is 1.86. The summed E-state index contributed by atoms with van der Waals surface area (Å²) in [7, 11) is 0. The second kappa shape index (κ2) is 5.82. The number of rotatable bonds is 4. The van der Waals surface area contributed by atoms with E-state index in [2.05, 4.69) is 10.2 Å². The molecule has 0 amide bonds. The molecular formula is C14H18N2O2S. The maximum absolute atomic E-state index is 5.68. The van der Waals surface area contributed by atoms with Crippen molar-refractivity contribution in [2.24, 2.45) is 5.92 Å². The third-order valence-electron chi connectivity index (χ3n) is 3.66. The average Bonchev–Trinajstić information content (AvgIpc) is 3.06. The Kier molecular flexibility index (Phi) is 3.92. The number of nitrogens with zero attached hydrogens (tertiary/aromatic N) is 2. The number of aromatic nitrogens is 2. The summed E-state index contributed by atoms with van der Waals surface area (Å²) >= 11 is 1.68. The van der Waals surface area contributed by atoms with Gasteiger partial charge in [0.25, 0.3) is 11.1 Å². The average molecular weight is 278 g/mol. The fourth-order valence-corrected chi connectivity index (χ4v) is 3.47. The summed E-state index contributed by atoms with van der Waals surface area (Å²) in [5.74, 6) is 3.26. The van der Waals surface area contributed by atoms with E-state index >= 15 is 0 Å². The molecule has 3 rings (SSSR count). The molecule has 2 aromatic heterocycles. The van der Waals surface area contributed by atoms with Gasteiger partial charge in [0.2, 0.25) is 0 Å². The van der Waals surface area contributed by atoms with Crippen LogP contribution in [0.2, 0.25) is 0 Å². The molecule has 0 atom stereocenters. The number of aryl methyl sites for hydroxylation is 1. The summed E-state index contributed by atoms with van der Waals surface area (Å²) in [4.78, 5) is 0.